The Kier molecular flexibility index (Phi) is 6.10. The molecule has 0 saturated heterocycles. The maximum atomic E-state index is 11.2. The van der Waals surface area contributed by atoms with Gasteiger partial charge in [0, 0.05) is 17.6 Å². The minimum atomic E-state index is -1.11. The second-order valence-electron chi connectivity index (χ2n) is 3.31. The van der Waals surface area contributed by atoms with Crippen LogP contribution in [0.15, 0.2) is 24.3 Å². The maximum Gasteiger partial charge on any atom is 0.336 e. The summed E-state index contributed by atoms with van der Waals surface area (Å²) in [4.78, 5) is 22.3. The van der Waals surface area contributed by atoms with Crippen LogP contribution in [0.2, 0.25) is 0 Å². The molecule has 0 spiro atoms. The second kappa shape index (κ2) is 6.79. The van der Waals surface area contributed by atoms with E-state index < -0.39 is 18.2 Å². The van der Waals surface area contributed by atoms with Crippen LogP contribution in [0.4, 0.5) is 0 Å². The van der Waals surface area contributed by atoms with E-state index in [2.05, 4.69) is 13.2 Å². The minimum Gasteiger partial charge on any atom is -0.422 e. The number of ether oxygens (including phenoxy) is 2. The van der Waals surface area contributed by atoms with Crippen molar-refractivity contribution in [2.75, 3.05) is 6.61 Å². The summed E-state index contributed by atoms with van der Waals surface area (Å²) in [5, 5.41) is 8.71. The van der Waals surface area contributed by atoms with Gasteiger partial charge in [-0.1, -0.05) is 13.2 Å². The van der Waals surface area contributed by atoms with Gasteiger partial charge in [-0.05, 0) is 13.8 Å². The van der Waals surface area contributed by atoms with Crippen LogP contribution in [-0.4, -0.2) is 29.9 Å². The second-order valence-corrected chi connectivity index (χ2v) is 3.31. The number of esters is 2. The average Bonchev–Trinajstić information content (AvgIpc) is 2.17. The average molecular weight is 228 g/mol. The van der Waals surface area contributed by atoms with Crippen molar-refractivity contribution in [1.29, 1.82) is 0 Å². The molecule has 0 aromatic carbocycles. The molecule has 0 aromatic rings. The standard InChI is InChI=1S/C11H16O5/c1-7(2)10(13)15-9(5-6-12)16-11(14)8(3)4/h9,12H,1,3,5-6H2,2,4H3. The van der Waals surface area contributed by atoms with Gasteiger partial charge in [-0.15, -0.1) is 0 Å². The first-order valence-corrected chi connectivity index (χ1v) is 4.72. The molecule has 0 aromatic heterocycles. The van der Waals surface area contributed by atoms with E-state index in [0.29, 0.717) is 0 Å². The predicted octanol–water partition coefficient (Wildman–Crippen LogP) is 0.933. The van der Waals surface area contributed by atoms with Crippen molar-refractivity contribution in [3.05, 3.63) is 24.3 Å². The number of aliphatic hydroxyl groups excluding tert-OH is 1. The largest absolute Gasteiger partial charge is 0.422 e. The van der Waals surface area contributed by atoms with Crippen LogP contribution in [0, 0.1) is 0 Å². The molecule has 0 saturated carbocycles. The molecule has 0 aliphatic rings. The van der Waals surface area contributed by atoms with E-state index in [1.807, 2.05) is 0 Å². The summed E-state index contributed by atoms with van der Waals surface area (Å²) in [6, 6.07) is 0. The zero-order chi connectivity index (χ0) is 12.7. The van der Waals surface area contributed by atoms with E-state index >= 15 is 0 Å². The lowest BCUT2D eigenvalue weighted by Gasteiger charge is -2.17. The Labute approximate surface area is 94.4 Å². The molecule has 0 rings (SSSR count). The van der Waals surface area contributed by atoms with E-state index in [4.69, 9.17) is 14.6 Å². The third-order valence-corrected chi connectivity index (χ3v) is 1.54. The summed E-state index contributed by atoms with van der Waals surface area (Å²) in [6.07, 6.45) is -1.10. The first kappa shape index (κ1) is 14.4. The Bertz CT molecular complexity index is 277. The number of rotatable bonds is 6. The third kappa shape index (κ3) is 5.31. The molecule has 0 amide bonds. The maximum absolute atomic E-state index is 11.2. The Morgan fingerprint density at radius 2 is 1.50 bits per heavy atom. The van der Waals surface area contributed by atoms with E-state index in [9.17, 15) is 9.59 Å². The van der Waals surface area contributed by atoms with Crippen LogP contribution in [-0.2, 0) is 19.1 Å². The van der Waals surface area contributed by atoms with Crippen molar-refractivity contribution in [3.8, 4) is 0 Å². The van der Waals surface area contributed by atoms with Crippen LogP contribution in [0.5, 0.6) is 0 Å². The zero-order valence-electron chi connectivity index (χ0n) is 9.49. The van der Waals surface area contributed by atoms with Crippen molar-refractivity contribution < 1.29 is 24.2 Å². The molecule has 0 aliphatic heterocycles. The van der Waals surface area contributed by atoms with E-state index in [0.717, 1.165) is 0 Å². The molecule has 0 heterocycles. The topological polar surface area (TPSA) is 72.8 Å². The highest BCUT2D eigenvalue weighted by molar-refractivity contribution is 5.88. The van der Waals surface area contributed by atoms with Crippen LogP contribution in [0.25, 0.3) is 0 Å². The van der Waals surface area contributed by atoms with Crippen molar-refractivity contribution in [2.24, 2.45) is 0 Å². The number of hydrogen-bond acceptors (Lipinski definition) is 5. The lowest BCUT2D eigenvalue weighted by atomic mass is 10.3. The fourth-order valence-corrected chi connectivity index (χ4v) is 0.687. The van der Waals surface area contributed by atoms with E-state index in [1.165, 1.54) is 13.8 Å². The zero-order valence-corrected chi connectivity index (χ0v) is 9.49. The third-order valence-electron chi connectivity index (χ3n) is 1.54. The van der Waals surface area contributed by atoms with Crippen LogP contribution >= 0.6 is 0 Å². The molecule has 0 unspecified atom stereocenters. The van der Waals surface area contributed by atoms with Crippen molar-refractivity contribution in [1.82, 2.24) is 0 Å². The Balaban J connectivity index is 4.38. The molecule has 0 aliphatic carbocycles. The fraction of sp³-hybridized carbons (Fsp3) is 0.455. The summed E-state index contributed by atoms with van der Waals surface area (Å²) < 4.78 is 9.58. The van der Waals surface area contributed by atoms with Crippen molar-refractivity contribution >= 4 is 11.9 Å². The first-order valence-electron chi connectivity index (χ1n) is 4.72. The fourth-order valence-electron chi connectivity index (χ4n) is 0.687. The van der Waals surface area contributed by atoms with E-state index in [1.54, 1.807) is 0 Å². The highest BCUT2D eigenvalue weighted by atomic mass is 16.7. The number of carbonyl (C=O) groups excluding carboxylic acids is 2. The quantitative estimate of drug-likeness (QED) is 0.416. The molecule has 90 valence electrons. The Morgan fingerprint density at radius 1 is 1.12 bits per heavy atom. The molecule has 0 atom stereocenters. The van der Waals surface area contributed by atoms with Gasteiger partial charge in [0.05, 0.1) is 6.61 Å². The Hall–Kier alpha value is -1.62. The Morgan fingerprint density at radius 3 is 1.75 bits per heavy atom. The summed E-state index contributed by atoms with van der Waals surface area (Å²) in [5.74, 6) is -1.35. The molecule has 5 nitrogen and oxygen atoms in total. The molecule has 5 heteroatoms. The van der Waals surface area contributed by atoms with Gasteiger partial charge in [0.25, 0.3) is 0 Å². The van der Waals surface area contributed by atoms with E-state index in [-0.39, 0.29) is 24.2 Å². The number of hydrogen-bond donors (Lipinski definition) is 1. The van der Waals surface area contributed by atoms with Crippen molar-refractivity contribution in [2.45, 2.75) is 26.6 Å². The van der Waals surface area contributed by atoms with Gasteiger partial charge in [-0.3, -0.25) is 0 Å². The molecular weight excluding hydrogens is 212 g/mol. The molecule has 1 N–H and O–H groups in total. The number of carbonyl (C=O) groups is 2. The predicted molar refractivity (Wildman–Crippen MR) is 57.3 cm³/mol. The summed E-state index contributed by atoms with van der Waals surface area (Å²) >= 11 is 0. The smallest absolute Gasteiger partial charge is 0.336 e. The van der Waals surface area contributed by atoms with Gasteiger partial charge in [-0.25, -0.2) is 9.59 Å². The minimum absolute atomic E-state index is 0.0119. The molecule has 0 radical (unpaired) electrons. The monoisotopic (exact) mass is 228 g/mol. The highest BCUT2D eigenvalue weighted by Crippen LogP contribution is 2.07. The summed E-state index contributed by atoms with van der Waals surface area (Å²) in [7, 11) is 0. The molecule has 0 fully saturated rings. The van der Waals surface area contributed by atoms with Gasteiger partial charge in [0.2, 0.25) is 6.29 Å². The SMILES string of the molecule is C=C(C)C(=O)OC(CCO)OC(=O)C(=C)C. The van der Waals surface area contributed by atoms with Crippen LogP contribution in [0.1, 0.15) is 20.3 Å². The summed E-state index contributed by atoms with van der Waals surface area (Å²) in [6.45, 7) is 9.45. The van der Waals surface area contributed by atoms with Gasteiger partial charge >= 0.3 is 11.9 Å². The number of aliphatic hydroxyl groups is 1. The first-order chi connectivity index (χ1) is 7.38. The molecule has 0 bridgehead atoms. The van der Waals surface area contributed by atoms with Crippen LogP contribution < -0.4 is 0 Å². The van der Waals surface area contributed by atoms with Gasteiger partial charge in [0.15, 0.2) is 0 Å². The lowest BCUT2D eigenvalue weighted by molar-refractivity contribution is -0.184. The van der Waals surface area contributed by atoms with Crippen LogP contribution in [0.3, 0.4) is 0 Å². The normalized spacial score (nSPS) is 9.75. The van der Waals surface area contributed by atoms with Gasteiger partial charge in [0.1, 0.15) is 0 Å². The molecule has 16 heavy (non-hydrogen) atoms. The summed E-state index contributed by atoms with van der Waals surface area (Å²) in [5.41, 5.74) is 0.378. The van der Waals surface area contributed by atoms with Gasteiger partial charge in [-0.2, -0.15) is 0 Å². The lowest BCUT2D eigenvalue weighted by Crippen LogP contribution is -2.26. The highest BCUT2D eigenvalue weighted by Gasteiger charge is 2.19. The van der Waals surface area contributed by atoms with Gasteiger partial charge < -0.3 is 14.6 Å². The van der Waals surface area contributed by atoms with Crippen molar-refractivity contribution in [3.63, 3.8) is 0 Å². The molecular formula is C11H16O5.